The van der Waals surface area contributed by atoms with Gasteiger partial charge in [-0.15, -0.1) is 0 Å². The van der Waals surface area contributed by atoms with Crippen LogP contribution in [-0.4, -0.2) is 27.4 Å². The first-order valence-electron chi connectivity index (χ1n) is 47.2. The standard InChI is InChI=1S/3C43H25N3O/c1-44-35-19-12-18-32(43(35)46-38-22-9-2-13-27(38)28-14-3-10-23-39(28)46)29-15-4-7-20-36(29)45-37-21-8-5-16-30(37)33-26-42-34(25-40(33)45)31-17-6-11-24-41(31)47-42;1-44-34-19-12-18-31(42(34)46-36-21-8-2-13-27(36)28-14-3-9-22-37(28)46)29-15-4-7-20-35(29)45-38-23-10-5-17-33(38)41-39(45)26-25-32-30-16-6-11-24-40(30)47-43(32)41;1-44-33-19-12-18-30(43(33)46-35-21-8-2-13-27(35)28-14-3-9-22-36(28)46)29-15-4-7-20-34(29)45-37-23-10-5-16-31(37)41-38(45)25-26-40-42(41)32-17-6-11-24-39(32)47-40/h3*2-26H. The van der Waals surface area contributed by atoms with E-state index in [0.29, 0.717) is 17.1 Å². The van der Waals surface area contributed by atoms with E-state index >= 15 is 0 Å². The first kappa shape index (κ1) is 79.8. The molecule has 0 bridgehead atoms. The van der Waals surface area contributed by atoms with Gasteiger partial charge in [0.05, 0.1) is 125 Å². The number of fused-ring (bicyclic) bond motifs is 29. The van der Waals surface area contributed by atoms with Crippen LogP contribution in [0.1, 0.15) is 0 Å². The van der Waals surface area contributed by atoms with Crippen LogP contribution in [0.3, 0.4) is 0 Å². The maximum Gasteiger partial charge on any atom is 0.211 e. The van der Waals surface area contributed by atoms with E-state index in [-0.39, 0.29) is 0 Å². The Hall–Kier alpha value is -19.7. The lowest BCUT2D eigenvalue weighted by atomic mass is 9.99. The molecule has 21 aromatic carbocycles. The van der Waals surface area contributed by atoms with Crippen molar-refractivity contribution in [3.8, 4) is 67.5 Å². The quantitative estimate of drug-likeness (QED) is 0.135. The average Bonchev–Trinajstić information content (AvgIpc) is 1.56. The van der Waals surface area contributed by atoms with Gasteiger partial charge in [-0.25, -0.2) is 14.5 Å². The van der Waals surface area contributed by atoms with Crippen LogP contribution in [-0.2, 0) is 0 Å². The van der Waals surface area contributed by atoms with Crippen LogP contribution in [0, 0.1) is 19.7 Å². The van der Waals surface area contributed by atoms with Crippen molar-refractivity contribution in [2.75, 3.05) is 0 Å². The Labute approximate surface area is 805 Å². The second kappa shape index (κ2) is 31.7. The fourth-order valence-corrected chi connectivity index (χ4v) is 22.9. The zero-order chi connectivity index (χ0) is 93.2. The summed E-state index contributed by atoms with van der Waals surface area (Å²) in [6.45, 7) is 24.9. The molecule has 0 radical (unpaired) electrons. The molecule has 0 aliphatic heterocycles. The van der Waals surface area contributed by atoms with Gasteiger partial charge in [-0.1, -0.05) is 328 Å². The highest BCUT2D eigenvalue weighted by atomic mass is 16.3. The largest absolute Gasteiger partial charge is 0.456 e. The molecule has 0 saturated heterocycles. The zero-order valence-corrected chi connectivity index (χ0v) is 75.6. The van der Waals surface area contributed by atoms with Crippen molar-refractivity contribution in [2.45, 2.75) is 0 Å². The van der Waals surface area contributed by atoms with Crippen LogP contribution in [0.2, 0.25) is 0 Å². The molecule has 30 aromatic rings. The molecule has 141 heavy (non-hydrogen) atoms. The molecule has 0 saturated carbocycles. The Kier molecular flexibility index (Phi) is 18.0. The van der Waals surface area contributed by atoms with Crippen LogP contribution in [0.4, 0.5) is 17.1 Å². The summed E-state index contributed by atoms with van der Waals surface area (Å²) in [6.07, 6.45) is 0. The van der Waals surface area contributed by atoms with Gasteiger partial charge < -0.3 is 40.7 Å². The third kappa shape index (κ3) is 12.0. The summed E-state index contributed by atoms with van der Waals surface area (Å²) in [5, 5.41) is 20.6. The van der Waals surface area contributed by atoms with E-state index in [4.69, 9.17) is 33.0 Å². The van der Waals surface area contributed by atoms with Crippen molar-refractivity contribution in [1.82, 2.24) is 27.4 Å². The monoisotopic (exact) mass is 1800 g/mol. The molecule has 0 atom stereocenters. The number of hydrogen-bond acceptors (Lipinski definition) is 3. The lowest BCUT2D eigenvalue weighted by Crippen LogP contribution is -2.01. The molecule has 0 spiro atoms. The van der Waals surface area contributed by atoms with Crippen molar-refractivity contribution in [3.63, 3.8) is 0 Å². The predicted molar refractivity (Wildman–Crippen MR) is 582 cm³/mol. The van der Waals surface area contributed by atoms with Crippen molar-refractivity contribution in [2.24, 2.45) is 0 Å². The third-order valence-corrected chi connectivity index (χ3v) is 28.6. The van der Waals surface area contributed by atoms with E-state index in [0.717, 1.165) is 221 Å². The van der Waals surface area contributed by atoms with Crippen LogP contribution in [0.5, 0.6) is 0 Å². The van der Waals surface area contributed by atoms with E-state index in [2.05, 4.69) is 424 Å². The highest BCUT2D eigenvalue weighted by Crippen LogP contribution is 2.52. The second-order valence-electron chi connectivity index (χ2n) is 35.9. The number of aromatic nitrogens is 6. The van der Waals surface area contributed by atoms with E-state index in [1.165, 1.54) is 43.1 Å². The Morgan fingerprint density at radius 2 is 0.440 bits per heavy atom. The first-order valence-corrected chi connectivity index (χ1v) is 47.2. The zero-order valence-electron chi connectivity index (χ0n) is 75.6. The molecule has 12 nitrogen and oxygen atoms in total. The molecule has 0 unspecified atom stereocenters. The molecule has 0 aliphatic rings. The van der Waals surface area contributed by atoms with E-state index < -0.39 is 0 Å². The number of para-hydroxylation sites is 18. The molecule has 0 amide bonds. The molecule has 0 N–H and O–H groups in total. The summed E-state index contributed by atoms with van der Waals surface area (Å²) in [5.41, 5.74) is 32.2. The molecule has 9 aromatic heterocycles. The minimum absolute atomic E-state index is 0.606. The summed E-state index contributed by atoms with van der Waals surface area (Å²) in [6, 6.07) is 158. The summed E-state index contributed by atoms with van der Waals surface area (Å²) in [4.78, 5) is 12.3. The van der Waals surface area contributed by atoms with Gasteiger partial charge in [-0.05, 0) is 144 Å². The molecular weight excluding hydrogens is 1720 g/mol. The SMILES string of the molecule is [C-]#[N+]c1cccc(-c2ccccc2-n2c3ccccc3c3c4c(ccc32)oc2ccccc24)c1-n1c2ccccc2c2ccccc21.[C-]#[N+]c1cccc(-c2ccccc2-n2c3ccccc3c3c4oc5ccccc5c4ccc32)c1-n1c2ccccc2c2ccccc21.[C-]#[N+]c1cccc(-c2ccccc2-n2c3ccccc3c3cc4oc5ccccc5c4cc32)c1-n1c2ccccc2c2ccccc21. The van der Waals surface area contributed by atoms with Crippen LogP contribution >= 0.6 is 0 Å². The number of benzene rings is 21. The Morgan fingerprint density at radius 3 is 0.851 bits per heavy atom. The summed E-state index contributed by atoms with van der Waals surface area (Å²) >= 11 is 0. The molecule has 654 valence electrons. The van der Waals surface area contributed by atoms with E-state index in [1.54, 1.807) is 0 Å². The maximum absolute atomic E-state index is 8.30. The smallest absolute Gasteiger partial charge is 0.211 e. The molecule has 0 aliphatic carbocycles. The van der Waals surface area contributed by atoms with Crippen LogP contribution in [0.15, 0.2) is 468 Å². The Morgan fingerprint density at radius 1 is 0.156 bits per heavy atom. The summed E-state index contributed by atoms with van der Waals surface area (Å²) in [7, 11) is 0. The van der Waals surface area contributed by atoms with Crippen LogP contribution in [0.25, 0.3) is 279 Å². The van der Waals surface area contributed by atoms with Gasteiger partial charge in [0, 0.05) is 108 Å². The number of nitrogens with zero attached hydrogens (tertiary/aromatic N) is 9. The lowest BCUT2D eigenvalue weighted by molar-refractivity contribution is 0.669. The minimum Gasteiger partial charge on any atom is -0.456 e. The van der Waals surface area contributed by atoms with Crippen molar-refractivity contribution >= 4 is 214 Å². The van der Waals surface area contributed by atoms with Gasteiger partial charge in [0.15, 0.2) is 0 Å². The Bertz CT molecular complexity index is 10300. The van der Waals surface area contributed by atoms with Gasteiger partial charge in [0.2, 0.25) is 17.1 Å². The average molecular weight is 1800 g/mol. The lowest BCUT2D eigenvalue weighted by Gasteiger charge is -2.19. The highest BCUT2D eigenvalue weighted by Gasteiger charge is 2.30. The molecule has 30 rings (SSSR count). The van der Waals surface area contributed by atoms with Crippen molar-refractivity contribution in [1.29, 1.82) is 0 Å². The van der Waals surface area contributed by atoms with Gasteiger partial charge in [0.25, 0.3) is 0 Å². The summed E-state index contributed by atoms with van der Waals surface area (Å²) < 4.78 is 33.2. The normalized spacial score (nSPS) is 11.8. The van der Waals surface area contributed by atoms with Gasteiger partial charge in [-0.3, -0.25) is 0 Å². The third-order valence-electron chi connectivity index (χ3n) is 28.6. The minimum atomic E-state index is 0.606. The second-order valence-corrected chi connectivity index (χ2v) is 35.9. The first-order chi connectivity index (χ1) is 69.9. The number of rotatable bonds is 9. The molecule has 0 fully saturated rings. The van der Waals surface area contributed by atoms with Crippen LogP contribution < -0.4 is 0 Å². The van der Waals surface area contributed by atoms with Crippen molar-refractivity contribution in [3.05, 3.63) is 489 Å². The Balaban J connectivity index is 0.000000104. The molecular formula is C129H75N9O3. The number of hydrogen-bond donors (Lipinski definition) is 0. The fraction of sp³-hybridized carbons (Fsp3) is 0. The maximum atomic E-state index is 8.30. The van der Waals surface area contributed by atoms with Gasteiger partial charge in [0.1, 0.15) is 33.5 Å². The highest BCUT2D eigenvalue weighted by molar-refractivity contribution is 6.29. The predicted octanol–water partition coefficient (Wildman–Crippen LogP) is 36.0. The molecule has 9 heterocycles. The van der Waals surface area contributed by atoms with Gasteiger partial charge in [-0.2, -0.15) is 0 Å². The van der Waals surface area contributed by atoms with E-state index in [9.17, 15) is 0 Å². The number of furan rings is 3. The van der Waals surface area contributed by atoms with Crippen molar-refractivity contribution < 1.29 is 13.3 Å². The van der Waals surface area contributed by atoms with E-state index in [1.807, 2.05) is 72.8 Å². The molecule has 12 heteroatoms. The fourth-order valence-electron chi connectivity index (χ4n) is 22.9. The summed E-state index contributed by atoms with van der Waals surface area (Å²) in [5.74, 6) is 0. The van der Waals surface area contributed by atoms with Gasteiger partial charge >= 0.3 is 0 Å². The topological polar surface area (TPSA) is 82.1 Å².